The number of unbranched alkanes of at least 4 members (excludes halogenated alkanes) is 11. The molecule has 0 atom stereocenters. The molecular formula is C18H35NO2. The third-order valence-electron chi connectivity index (χ3n) is 3.59. The third kappa shape index (κ3) is 17.0. The highest BCUT2D eigenvalue weighted by Crippen LogP contribution is 2.11. The molecule has 0 saturated heterocycles. The van der Waals surface area contributed by atoms with Crippen LogP contribution in [0.15, 0.2) is 11.8 Å². The number of nitrogens with two attached hydrogens (primary N) is 1. The summed E-state index contributed by atoms with van der Waals surface area (Å²) in [6, 6.07) is 0. The summed E-state index contributed by atoms with van der Waals surface area (Å²) < 4.78 is 5.05. The number of allylic oxidation sites excluding steroid dienone is 1. The molecule has 0 aromatic carbocycles. The van der Waals surface area contributed by atoms with E-state index in [0.29, 0.717) is 12.3 Å². The molecule has 0 aliphatic carbocycles. The molecule has 0 aromatic rings. The molecule has 0 aliphatic heterocycles. The van der Waals surface area contributed by atoms with Gasteiger partial charge in [-0.05, 0) is 13.3 Å². The zero-order chi connectivity index (χ0) is 15.8. The Labute approximate surface area is 131 Å². The van der Waals surface area contributed by atoms with Crippen LogP contribution in [-0.4, -0.2) is 12.6 Å². The summed E-state index contributed by atoms with van der Waals surface area (Å²) in [7, 11) is 0. The second-order valence-corrected chi connectivity index (χ2v) is 5.94. The van der Waals surface area contributed by atoms with Gasteiger partial charge in [-0.3, -0.25) is 0 Å². The average molecular weight is 297 g/mol. The van der Waals surface area contributed by atoms with Gasteiger partial charge in [0.15, 0.2) is 0 Å². The summed E-state index contributed by atoms with van der Waals surface area (Å²) in [6.07, 6.45) is 17.1. The minimum atomic E-state index is -0.321. The van der Waals surface area contributed by atoms with Crippen molar-refractivity contribution in [2.45, 2.75) is 90.9 Å². The molecule has 0 fully saturated rings. The SMILES string of the molecule is CCCCCCCCCCCCCCOC(=O)C=C(C)N. The van der Waals surface area contributed by atoms with Crippen LogP contribution in [0.2, 0.25) is 0 Å². The number of hydrogen-bond donors (Lipinski definition) is 1. The van der Waals surface area contributed by atoms with E-state index in [1.54, 1.807) is 6.92 Å². The molecule has 0 unspecified atom stereocenters. The van der Waals surface area contributed by atoms with Crippen LogP contribution in [-0.2, 0) is 9.53 Å². The van der Waals surface area contributed by atoms with Crippen molar-refractivity contribution in [3.63, 3.8) is 0 Å². The lowest BCUT2D eigenvalue weighted by atomic mass is 10.1. The third-order valence-corrected chi connectivity index (χ3v) is 3.59. The molecule has 0 bridgehead atoms. The lowest BCUT2D eigenvalue weighted by molar-refractivity contribution is -0.137. The number of ether oxygens (including phenoxy) is 1. The van der Waals surface area contributed by atoms with Gasteiger partial charge in [-0.25, -0.2) is 4.79 Å². The Morgan fingerprint density at radius 1 is 0.857 bits per heavy atom. The molecule has 124 valence electrons. The van der Waals surface area contributed by atoms with Crippen LogP contribution in [0.4, 0.5) is 0 Å². The van der Waals surface area contributed by atoms with Crippen molar-refractivity contribution >= 4 is 5.97 Å². The molecule has 3 heteroatoms. The first-order valence-electron chi connectivity index (χ1n) is 8.77. The van der Waals surface area contributed by atoms with E-state index in [1.807, 2.05) is 0 Å². The van der Waals surface area contributed by atoms with Gasteiger partial charge in [0.25, 0.3) is 0 Å². The molecule has 0 spiro atoms. The number of esters is 1. The van der Waals surface area contributed by atoms with Crippen molar-refractivity contribution in [2.24, 2.45) is 5.73 Å². The topological polar surface area (TPSA) is 52.3 Å². The van der Waals surface area contributed by atoms with E-state index in [-0.39, 0.29) is 5.97 Å². The minimum absolute atomic E-state index is 0.321. The highest BCUT2D eigenvalue weighted by atomic mass is 16.5. The van der Waals surface area contributed by atoms with Crippen molar-refractivity contribution < 1.29 is 9.53 Å². The molecule has 0 rings (SSSR count). The first-order valence-corrected chi connectivity index (χ1v) is 8.77. The zero-order valence-electron chi connectivity index (χ0n) is 14.2. The Bertz CT molecular complexity index is 270. The molecule has 3 nitrogen and oxygen atoms in total. The maximum Gasteiger partial charge on any atom is 0.332 e. The van der Waals surface area contributed by atoms with Crippen LogP contribution >= 0.6 is 0 Å². The largest absolute Gasteiger partial charge is 0.462 e. The summed E-state index contributed by atoms with van der Waals surface area (Å²) >= 11 is 0. The van der Waals surface area contributed by atoms with Gasteiger partial charge in [0.05, 0.1) is 6.61 Å². The molecule has 0 saturated carbocycles. The highest BCUT2D eigenvalue weighted by Gasteiger charge is 1.98. The van der Waals surface area contributed by atoms with Gasteiger partial charge >= 0.3 is 5.97 Å². The molecular weight excluding hydrogens is 262 g/mol. The van der Waals surface area contributed by atoms with E-state index in [2.05, 4.69) is 6.92 Å². The molecule has 0 aliphatic rings. The van der Waals surface area contributed by atoms with E-state index in [0.717, 1.165) is 12.8 Å². The fourth-order valence-electron chi connectivity index (χ4n) is 2.34. The second kappa shape index (κ2) is 15.4. The van der Waals surface area contributed by atoms with Crippen LogP contribution in [0.1, 0.15) is 90.9 Å². The van der Waals surface area contributed by atoms with Gasteiger partial charge in [0.2, 0.25) is 0 Å². The van der Waals surface area contributed by atoms with Crippen LogP contribution in [0.25, 0.3) is 0 Å². The number of rotatable bonds is 14. The molecule has 21 heavy (non-hydrogen) atoms. The van der Waals surface area contributed by atoms with E-state index in [4.69, 9.17) is 10.5 Å². The summed E-state index contributed by atoms with van der Waals surface area (Å²) in [5.41, 5.74) is 5.89. The lowest BCUT2D eigenvalue weighted by Gasteiger charge is -2.03. The van der Waals surface area contributed by atoms with E-state index >= 15 is 0 Å². The van der Waals surface area contributed by atoms with Crippen LogP contribution in [0.3, 0.4) is 0 Å². The molecule has 0 heterocycles. The lowest BCUT2D eigenvalue weighted by Crippen LogP contribution is -2.05. The van der Waals surface area contributed by atoms with Gasteiger partial charge < -0.3 is 10.5 Å². The Balaban J connectivity index is 3.12. The van der Waals surface area contributed by atoms with Gasteiger partial charge in [0.1, 0.15) is 0 Å². The fourth-order valence-corrected chi connectivity index (χ4v) is 2.34. The Hall–Kier alpha value is -0.990. The fraction of sp³-hybridized carbons (Fsp3) is 0.833. The van der Waals surface area contributed by atoms with Crippen LogP contribution < -0.4 is 5.73 Å². The smallest absolute Gasteiger partial charge is 0.332 e. The highest BCUT2D eigenvalue weighted by molar-refractivity contribution is 5.82. The molecule has 0 amide bonds. The van der Waals surface area contributed by atoms with Crippen molar-refractivity contribution in [3.05, 3.63) is 11.8 Å². The summed E-state index contributed by atoms with van der Waals surface area (Å²) in [5, 5.41) is 0. The Kier molecular flexibility index (Phi) is 14.7. The van der Waals surface area contributed by atoms with E-state index in [9.17, 15) is 4.79 Å². The van der Waals surface area contributed by atoms with Crippen molar-refractivity contribution in [1.82, 2.24) is 0 Å². The Morgan fingerprint density at radius 2 is 1.29 bits per heavy atom. The average Bonchev–Trinajstić information content (AvgIpc) is 2.43. The molecule has 0 aromatic heterocycles. The quantitative estimate of drug-likeness (QED) is 0.276. The number of hydrogen-bond acceptors (Lipinski definition) is 3. The van der Waals surface area contributed by atoms with Gasteiger partial charge in [-0.1, -0.05) is 77.6 Å². The summed E-state index contributed by atoms with van der Waals surface area (Å²) in [6.45, 7) is 4.46. The second-order valence-electron chi connectivity index (χ2n) is 5.94. The number of carbonyl (C=O) groups is 1. The number of carbonyl (C=O) groups excluding carboxylic acids is 1. The predicted octanol–water partition coefficient (Wildman–Crippen LogP) is 5.09. The maximum atomic E-state index is 11.2. The summed E-state index contributed by atoms with van der Waals surface area (Å²) in [4.78, 5) is 11.2. The maximum absolute atomic E-state index is 11.2. The summed E-state index contributed by atoms with van der Waals surface area (Å²) in [5.74, 6) is -0.321. The first-order chi connectivity index (χ1) is 10.2. The zero-order valence-corrected chi connectivity index (χ0v) is 14.2. The van der Waals surface area contributed by atoms with Crippen LogP contribution in [0.5, 0.6) is 0 Å². The monoisotopic (exact) mass is 297 g/mol. The van der Waals surface area contributed by atoms with Gasteiger partial charge in [-0.2, -0.15) is 0 Å². The van der Waals surface area contributed by atoms with Crippen LogP contribution in [0, 0.1) is 0 Å². The molecule has 0 radical (unpaired) electrons. The van der Waals surface area contributed by atoms with E-state index < -0.39 is 0 Å². The van der Waals surface area contributed by atoms with Crippen molar-refractivity contribution in [3.8, 4) is 0 Å². The van der Waals surface area contributed by atoms with Crippen molar-refractivity contribution in [2.75, 3.05) is 6.61 Å². The Morgan fingerprint density at radius 3 is 1.71 bits per heavy atom. The minimum Gasteiger partial charge on any atom is -0.462 e. The first kappa shape index (κ1) is 20.0. The van der Waals surface area contributed by atoms with E-state index in [1.165, 1.54) is 70.3 Å². The molecule has 2 N–H and O–H groups in total. The van der Waals surface area contributed by atoms with Crippen molar-refractivity contribution in [1.29, 1.82) is 0 Å². The van der Waals surface area contributed by atoms with Gasteiger partial charge in [0, 0.05) is 11.8 Å². The predicted molar refractivity (Wildman–Crippen MR) is 90.0 cm³/mol. The van der Waals surface area contributed by atoms with Gasteiger partial charge in [-0.15, -0.1) is 0 Å². The normalized spacial score (nSPS) is 11.6. The standard InChI is InChI=1S/C18H35NO2/c1-3-4-5-6-7-8-9-10-11-12-13-14-15-21-18(20)16-17(2)19/h16H,3-15,19H2,1-2H3.